The summed E-state index contributed by atoms with van der Waals surface area (Å²) in [6, 6.07) is 0. The van der Waals surface area contributed by atoms with Crippen molar-refractivity contribution in [3.05, 3.63) is 0 Å². The van der Waals surface area contributed by atoms with Crippen molar-refractivity contribution in [1.29, 1.82) is 0 Å². The first-order chi connectivity index (χ1) is 7.30. The van der Waals surface area contributed by atoms with Crippen LogP contribution in [0.25, 0.3) is 0 Å². The highest BCUT2D eigenvalue weighted by Crippen LogP contribution is 2.22. The van der Waals surface area contributed by atoms with Gasteiger partial charge >= 0.3 is 0 Å². The molecule has 0 aromatic rings. The summed E-state index contributed by atoms with van der Waals surface area (Å²) in [5, 5.41) is 0.876. The second-order valence-corrected chi connectivity index (χ2v) is 6.27. The van der Waals surface area contributed by atoms with Gasteiger partial charge in [-0.3, -0.25) is 0 Å². The molecule has 1 rings (SSSR count). The number of nitrogens with zero attached hydrogens (tertiary/aromatic N) is 1. The fourth-order valence-corrected chi connectivity index (χ4v) is 3.75. The molecular weight excluding hydrogens is 222 g/mol. The second kappa shape index (κ2) is 7.86. The third-order valence-corrected chi connectivity index (χ3v) is 5.04. The number of thiol groups is 1. The largest absolute Gasteiger partial charge is 0.301 e. The lowest BCUT2D eigenvalue weighted by Gasteiger charge is -2.34. The van der Waals surface area contributed by atoms with E-state index in [0.29, 0.717) is 0 Å². The molecule has 0 N–H and O–H groups in total. The summed E-state index contributed by atoms with van der Waals surface area (Å²) >= 11 is 6.62. The van der Waals surface area contributed by atoms with Gasteiger partial charge in [-0.05, 0) is 24.5 Å². The molecule has 0 aromatic heterocycles. The molecule has 1 nitrogen and oxygen atoms in total. The summed E-state index contributed by atoms with van der Waals surface area (Å²) < 4.78 is 0. The van der Waals surface area contributed by atoms with Crippen LogP contribution in [0.2, 0.25) is 0 Å². The topological polar surface area (TPSA) is 3.24 Å². The Bertz CT molecular complexity index is 164. The molecule has 0 spiro atoms. The molecule has 0 saturated carbocycles. The molecule has 15 heavy (non-hydrogen) atoms. The molecule has 1 aliphatic rings. The molecule has 1 aliphatic heterocycles. The minimum atomic E-state index is 0.805. The third kappa shape index (κ3) is 5.01. The van der Waals surface area contributed by atoms with E-state index in [9.17, 15) is 0 Å². The molecular formula is C12H25NS2. The van der Waals surface area contributed by atoms with E-state index in [0.717, 1.165) is 16.9 Å². The van der Waals surface area contributed by atoms with E-state index in [-0.39, 0.29) is 0 Å². The van der Waals surface area contributed by atoms with Gasteiger partial charge in [0.15, 0.2) is 0 Å². The van der Waals surface area contributed by atoms with Crippen molar-refractivity contribution < 1.29 is 0 Å². The Hall–Kier alpha value is 0.660. The van der Waals surface area contributed by atoms with Crippen LogP contribution < -0.4 is 0 Å². The maximum Gasteiger partial charge on any atom is 0.0172 e. The van der Waals surface area contributed by atoms with Crippen LogP contribution in [0.1, 0.15) is 33.1 Å². The van der Waals surface area contributed by atoms with E-state index >= 15 is 0 Å². The van der Waals surface area contributed by atoms with Crippen molar-refractivity contribution in [1.82, 2.24) is 4.90 Å². The van der Waals surface area contributed by atoms with E-state index in [1.54, 1.807) is 0 Å². The van der Waals surface area contributed by atoms with Gasteiger partial charge in [0, 0.05) is 30.6 Å². The lowest BCUT2D eigenvalue weighted by Crippen LogP contribution is -2.40. The normalized spacial score (nSPS) is 25.4. The van der Waals surface area contributed by atoms with Crippen molar-refractivity contribution in [2.45, 2.75) is 38.4 Å². The Kier molecular flexibility index (Phi) is 7.19. The maximum atomic E-state index is 4.46. The summed E-state index contributed by atoms with van der Waals surface area (Å²) in [7, 11) is 0. The van der Waals surface area contributed by atoms with Gasteiger partial charge in [0.05, 0.1) is 0 Å². The van der Waals surface area contributed by atoms with Crippen LogP contribution >= 0.6 is 24.4 Å². The molecule has 0 aliphatic carbocycles. The van der Waals surface area contributed by atoms with Gasteiger partial charge in [-0.25, -0.2) is 0 Å². The van der Waals surface area contributed by atoms with Crippen LogP contribution in [0.4, 0.5) is 0 Å². The quantitative estimate of drug-likeness (QED) is 0.718. The monoisotopic (exact) mass is 247 g/mol. The highest BCUT2D eigenvalue weighted by molar-refractivity contribution is 8.00. The zero-order valence-electron chi connectivity index (χ0n) is 10.1. The number of thioether (sulfide) groups is 1. The molecule has 2 unspecified atom stereocenters. The highest BCUT2D eigenvalue weighted by atomic mass is 32.2. The first-order valence-corrected chi connectivity index (χ1v) is 7.93. The zero-order valence-corrected chi connectivity index (χ0v) is 11.8. The molecule has 1 fully saturated rings. The van der Waals surface area contributed by atoms with Crippen LogP contribution in [0.15, 0.2) is 0 Å². The number of rotatable bonds is 6. The molecule has 90 valence electrons. The minimum absolute atomic E-state index is 0.805. The standard InChI is InChI=1S/C12H25NS2/c1-3-5-11(10-14)8-13-6-7-15-12(4-2)9-13/h11-12,14H,3-10H2,1-2H3. The first kappa shape index (κ1) is 13.7. The summed E-state index contributed by atoms with van der Waals surface area (Å²) in [6.07, 6.45) is 3.95. The summed E-state index contributed by atoms with van der Waals surface area (Å²) in [6.45, 7) is 8.44. The lowest BCUT2D eigenvalue weighted by molar-refractivity contribution is 0.239. The van der Waals surface area contributed by atoms with Crippen LogP contribution in [-0.2, 0) is 0 Å². The predicted octanol–water partition coefficient (Wildman–Crippen LogP) is 3.16. The van der Waals surface area contributed by atoms with Crippen LogP contribution in [0, 0.1) is 5.92 Å². The molecule has 2 atom stereocenters. The second-order valence-electron chi connectivity index (χ2n) is 4.50. The van der Waals surface area contributed by atoms with Gasteiger partial charge in [0.2, 0.25) is 0 Å². The van der Waals surface area contributed by atoms with Gasteiger partial charge in [0.1, 0.15) is 0 Å². The van der Waals surface area contributed by atoms with Crippen molar-refractivity contribution in [3.8, 4) is 0 Å². The van der Waals surface area contributed by atoms with Gasteiger partial charge < -0.3 is 4.90 Å². The Morgan fingerprint density at radius 1 is 1.47 bits per heavy atom. The highest BCUT2D eigenvalue weighted by Gasteiger charge is 2.20. The lowest BCUT2D eigenvalue weighted by atomic mass is 10.1. The van der Waals surface area contributed by atoms with Crippen molar-refractivity contribution in [2.75, 3.05) is 31.1 Å². The smallest absolute Gasteiger partial charge is 0.0172 e. The van der Waals surface area contributed by atoms with Crippen LogP contribution in [-0.4, -0.2) is 41.3 Å². The van der Waals surface area contributed by atoms with E-state index < -0.39 is 0 Å². The fourth-order valence-electron chi connectivity index (χ4n) is 2.21. The van der Waals surface area contributed by atoms with Gasteiger partial charge in [-0.2, -0.15) is 24.4 Å². The van der Waals surface area contributed by atoms with Gasteiger partial charge in [-0.1, -0.05) is 20.3 Å². The first-order valence-electron chi connectivity index (χ1n) is 6.24. The molecule has 3 heteroatoms. The van der Waals surface area contributed by atoms with Crippen molar-refractivity contribution in [3.63, 3.8) is 0 Å². The van der Waals surface area contributed by atoms with E-state index in [1.807, 2.05) is 0 Å². The average molecular weight is 247 g/mol. The Morgan fingerprint density at radius 3 is 2.87 bits per heavy atom. The van der Waals surface area contributed by atoms with Gasteiger partial charge in [0.25, 0.3) is 0 Å². The zero-order chi connectivity index (χ0) is 11.1. The Morgan fingerprint density at radius 2 is 2.27 bits per heavy atom. The fraction of sp³-hybridized carbons (Fsp3) is 1.00. The molecule has 1 saturated heterocycles. The number of hydrogen-bond donors (Lipinski definition) is 1. The van der Waals surface area contributed by atoms with Crippen LogP contribution in [0.5, 0.6) is 0 Å². The SMILES string of the molecule is CCCC(CS)CN1CCSC(CC)C1. The van der Waals surface area contributed by atoms with E-state index in [1.165, 1.54) is 44.6 Å². The van der Waals surface area contributed by atoms with Crippen LogP contribution in [0.3, 0.4) is 0 Å². The average Bonchev–Trinajstić information content (AvgIpc) is 2.29. The minimum Gasteiger partial charge on any atom is -0.301 e. The summed E-state index contributed by atoms with van der Waals surface area (Å²) in [5.74, 6) is 3.18. The summed E-state index contributed by atoms with van der Waals surface area (Å²) in [5.41, 5.74) is 0. The maximum absolute atomic E-state index is 4.46. The predicted molar refractivity (Wildman–Crippen MR) is 75.2 cm³/mol. The molecule has 0 aromatic carbocycles. The third-order valence-electron chi connectivity index (χ3n) is 3.15. The van der Waals surface area contributed by atoms with Crippen molar-refractivity contribution in [2.24, 2.45) is 5.92 Å². The molecule has 0 bridgehead atoms. The molecule has 1 heterocycles. The van der Waals surface area contributed by atoms with E-state index in [2.05, 4.69) is 43.1 Å². The Balaban J connectivity index is 2.29. The molecule has 0 amide bonds. The summed E-state index contributed by atoms with van der Waals surface area (Å²) in [4.78, 5) is 2.65. The van der Waals surface area contributed by atoms with Crippen molar-refractivity contribution >= 4 is 24.4 Å². The Labute approximate surface area is 105 Å². The van der Waals surface area contributed by atoms with Gasteiger partial charge in [-0.15, -0.1) is 0 Å². The molecule has 0 radical (unpaired) electrons. The van der Waals surface area contributed by atoms with E-state index in [4.69, 9.17) is 0 Å². The number of hydrogen-bond acceptors (Lipinski definition) is 3.